The van der Waals surface area contributed by atoms with Gasteiger partial charge in [0.1, 0.15) is 0 Å². The summed E-state index contributed by atoms with van der Waals surface area (Å²) in [7, 11) is 0. The molecular formula is C14H23NO4. The van der Waals surface area contributed by atoms with Crippen molar-refractivity contribution in [3.05, 3.63) is 0 Å². The first-order valence-electron chi connectivity index (χ1n) is 6.67. The van der Waals surface area contributed by atoms with Crippen LogP contribution in [0.25, 0.3) is 0 Å². The Hall–Kier alpha value is -1.57. The zero-order valence-electron chi connectivity index (χ0n) is 12.4. The van der Waals surface area contributed by atoms with Crippen LogP contribution in [0.3, 0.4) is 0 Å². The van der Waals surface area contributed by atoms with Crippen molar-refractivity contribution < 1.29 is 19.1 Å². The quantitative estimate of drug-likeness (QED) is 0.663. The molecule has 0 aromatic heterocycles. The molecule has 0 aliphatic heterocycles. The lowest BCUT2D eigenvalue weighted by atomic mass is 9.67. The molecule has 108 valence electrons. The van der Waals surface area contributed by atoms with Gasteiger partial charge in [0.15, 0.2) is 5.41 Å². The van der Waals surface area contributed by atoms with Crippen LogP contribution in [0.5, 0.6) is 0 Å². The number of hydrogen-bond acceptors (Lipinski definition) is 5. The molecule has 0 radical (unpaired) electrons. The molecule has 0 aliphatic rings. The van der Waals surface area contributed by atoms with Gasteiger partial charge in [0.25, 0.3) is 0 Å². The van der Waals surface area contributed by atoms with Gasteiger partial charge in [0.05, 0.1) is 25.2 Å². The lowest BCUT2D eigenvalue weighted by Gasteiger charge is -2.33. The molecule has 0 heterocycles. The fourth-order valence-electron chi connectivity index (χ4n) is 2.20. The molecule has 0 aromatic carbocycles. The van der Waals surface area contributed by atoms with Crippen LogP contribution in [0.1, 0.15) is 41.0 Å². The summed E-state index contributed by atoms with van der Waals surface area (Å²) in [4.78, 5) is 24.2. The minimum Gasteiger partial charge on any atom is -0.466 e. The van der Waals surface area contributed by atoms with Crippen molar-refractivity contribution in [2.75, 3.05) is 13.2 Å². The summed E-state index contributed by atoms with van der Waals surface area (Å²) in [6.07, 6.45) is 0.351. The highest BCUT2D eigenvalue weighted by Gasteiger charge is 2.53. The number of esters is 2. The third kappa shape index (κ3) is 3.46. The summed E-state index contributed by atoms with van der Waals surface area (Å²) >= 11 is 0. The Morgan fingerprint density at radius 2 is 1.68 bits per heavy atom. The van der Waals surface area contributed by atoms with E-state index >= 15 is 0 Å². The minimum atomic E-state index is -1.49. The molecule has 0 rings (SSSR count). The Labute approximate surface area is 114 Å². The van der Waals surface area contributed by atoms with Crippen LogP contribution in [0.4, 0.5) is 0 Å². The summed E-state index contributed by atoms with van der Waals surface area (Å²) in [5.74, 6) is -2.32. The number of carbonyl (C=O) groups is 2. The summed E-state index contributed by atoms with van der Waals surface area (Å²) in [5.41, 5.74) is -1.49. The van der Waals surface area contributed by atoms with Crippen LogP contribution in [0.15, 0.2) is 0 Å². The van der Waals surface area contributed by atoms with Crippen LogP contribution >= 0.6 is 0 Å². The molecule has 5 nitrogen and oxygen atoms in total. The van der Waals surface area contributed by atoms with Crippen LogP contribution in [-0.2, 0) is 19.1 Å². The minimum absolute atomic E-state index is 0.175. The SMILES string of the molecule is CCOC(=O)C(CC)C(C#N)(C(=O)OCC)C(C)C. The second-order valence-electron chi connectivity index (χ2n) is 4.57. The van der Waals surface area contributed by atoms with Crippen molar-refractivity contribution in [1.82, 2.24) is 0 Å². The van der Waals surface area contributed by atoms with E-state index in [0.29, 0.717) is 6.42 Å². The fourth-order valence-corrected chi connectivity index (χ4v) is 2.20. The number of rotatable bonds is 7. The van der Waals surface area contributed by atoms with Gasteiger partial charge in [-0.25, -0.2) is 0 Å². The highest BCUT2D eigenvalue weighted by atomic mass is 16.5. The summed E-state index contributed by atoms with van der Waals surface area (Å²) in [6.45, 7) is 9.00. The van der Waals surface area contributed by atoms with Crippen molar-refractivity contribution in [3.8, 4) is 6.07 Å². The molecule has 0 aromatic rings. The van der Waals surface area contributed by atoms with Crippen molar-refractivity contribution in [1.29, 1.82) is 5.26 Å². The van der Waals surface area contributed by atoms with Gasteiger partial charge in [-0.15, -0.1) is 0 Å². The standard InChI is InChI=1S/C14H23NO4/c1-6-11(12(16)18-7-2)14(9-15,10(4)5)13(17)19-8-3/h10-11H,6-8H2,1-5H3. The normalized spacial score (nSPS) is 15.2. The van der Waals surface area contributed by atoms with E-state index < -0.39 is 23.3 Å². The van der Waals surface area contributed by atoms with Gasteiger partial charge in [-0.1, -0.05) is 20.8 Å². The molecule has 0 N–H and O–H groups in total. The number of carbonyl (C=O) groups excluding carboxylic acids is 2. The van der Waals surface area contributed by atoms with E-state index in [-0.39, 0.29) is 19.1 Å². The molecule has 0 bridgehead atoms. The number of hydrogen-bond donors (Lipinski definition) is 0. The van der Waals surface area contributed by atoms with Gasteiger partial charge in [0.2, 0.25) is 0 Å². The van der Waals surface area contributed by atoms with E-state index in [0.717, 1.165) is 0 Å². The van der Waals surface area contributed by atoms with E-state index in [9.17, 15) is 14.9 Å². The average molecular weight is 269 g/mol. The third-order valence-electron chi connectivity index (χ3n) is 3.24. The summed E-state index contributed by atoms with van der Waals surface area (Å²) in [5, 5.41) is 9.50. The van der Waals surface area contributed by atoms with E-state index in [4.69, 9.17) is 9.47 Å². The predicted octanol–water partition coefficient (Wildman–Crippen LogP) is 2.30. The number of nitrogens with zero attached hydrogens (tertiary/aromatic N) is 1. The smallest absolute Gasteiger partial charge is 0.327 e. The van der Waals surface area contributed by atoms with Crippen LogP contribution in [0.2, 0.25) is 0 Å². The third-order valence-corrected chi connectivity index (χ3v) is 3.24. The zero-order chi connectivity index (χ0) is 15.1. The average Bonchev–Trinajstić information content (AvgIpc) is 2.35. The van der Waals surface area contributed by atoms with Gasteiger partial charge < -0.3 is 9.47 Å². The van der Waals surface area contributed by atoms with Crippen LogP contribution in [0, 0.1) is 28.6 Å². The summed E-state index contributed by atoms with van der Waals surface area (Å²) < 4.78 is 9.98. The van der Waals surface area contributed by atoms with Gasteiger partial charge in [0, 0.05) is 0 Å². The molecule has 0 fully saturated rings. The molecule has 19 heavy (non-hydrogen) atoms. The number of nitriles is 1. The van der Waals surface area contributed by atoms with Gasteiger partial charge in [-0.05, 0) is 26.2 Å². The Balaban J connectivity index is 5.62. The van der Waals surface area contributed by atoms with Crippen LogP contribution in [-0.4, -0.2) is 25.2 Å². The highest BCUT2D eigenvalue weighted by molar-refractivity contribution is 5.88. The largest absolute Gasteiger partial charge is 0.466 e. The van der Waals surface area contributed by atoms with Crippen molar-refractivity contribution in [2.45, 2.75) is 41.0 Å². The maximum atomic E-state index is 12.2. The molecule has 0 spiro atoms. The first kappa shape index (κ1) is 17.4. The van der Waals surface area contributed by atoms with E-state index in [2.05, 4.69) is 0 Å². The first-order chi connectivity index (χ1) is 8.92. The van der Waals surface area contributed by atoms with Gasteiger partial charge >= 0.3 is 11.9 Å². The first-order valence-corrected chi connectivity index (χ1v) is 6.67. The zero-order valence-corrected chi connectivity index (χ0v) is 12.4. The van der Waals surface area contributed by atoms with Crippen molar-refractivity contribution >= 4 is 11.9 Å². The Bertz CT molecular complexity index is 359. The Morgan fingerprint density at radius 3 is 2.00 bits per heavy atom. The van der Waals surface area contributed by atoms with Gasteiger partial charge in [-0.2, -0.15) is 5.26 Å². The molecule has 5 heteroatoms. The van der Waals surface area contributed by atoms with E-state index in [1.807, 2.05) is 6.07 Å². The second-order valence-corrected chi connectivity index (χ2v) is 4.57. The predicted molar refractivity (Wildman–Crippen MR) is 69.9 cm³/mol. The fraction of sp³-hybridized carbons (Fsp3) is 0.786. The molecule has 0 aliphatic carbocycles. The molecule has 0 saturated heterocycles. The Morgan fingerprint density at radius 1 is 1.16 bits per heavy atom. The van der Waals surface area contributed by atoms with E-state index in [1.54, 1.807) is 34.6 Å². The Kier molecular flexibility index (Phi) is 7.13. The van der Waals surface area contributed by atoms with Crippen molar-refractivity contribution in [2.24, 2.45) is 17.3 Å². The molecule has 2 unspecified atom stereocenters. The molecule has 0 amide bonds. The topological polar surface area (TPSA) is 76.4 Å². The molecule has 0 saturated carbocycles. The molecular weight excluding hydrogens is 246 g/mol. The van der Waals surface area contributed by atoms with E-state index in [1.165, 1.54) is 0 Å². The monoisotopic (exact) mass is 269 g/mol. The van der Waals surface area contributed by atoms with Gasteiger partial charge in [-0.3, -0.25) is 9.59 Å². The highest BCUT2D eigenvalue weighted by Crippen LogP contribution is 2.39. The lowest BCUT2D eigenvalue weighted by molar-refractivity contribution is -0.168. The maximum absolute atomic E-state index is 12.2. The number of ether oxygens (including phenoxy) is 2. The maximum Gasteiger partial charge on any atom is 0.327 e. The summed E-state index contributed by atoms with van der Waals surface area (Å²) in [6, 6.07) is 2.01. The van der Waals surface area contributed by atoms with Crippen LogP contribution < -0.4 is 0 Å². The second kappa shape index (κ2) is 7.78. The molecule has 2 atom stereocenters. The van der Waals surface area contributed by atoms with Crippen molar-refractivity contribution in [3.63, 3.8) is 0 Å². The lowest BCUT2D eigenvalue weighted by Crippen LogP contribution is -2.47.